The van der Waals surface area contributed by atoms with Crippen molar-refractivity contribution in [3.8, 4) is 0 Å². The summed E-state index contributed by atoms with van der Waals surface area (Å²) in [6.07, 6.45) is 9.51. The van der Waals surface area contributed by atoms with Gasteiger partial charge in [0.1, 0.15) is 0 Å². The fraction of sp³-hybridized carbons (Fsp3) is 0.333. The summed E-state index contributed by atoms with van der Waals surface area (Å²) in [5.41, 5.74) is 3.99. The van der Waals surface area contributed by atoms with E-state index in [4.69, 9.17) is 0 Å². The van der Waals surface area contributed by atoms with Gasteiger partial charge < -0.3 is 10.3 Å². The Balaban J connectivity index is 1.44. The predicted molar refractivity (Wildman–Crippen MR) is 103 cm³/mol. The highest BCUT2D eigenvalue weighted by Gasteiger charge is 2.14. The lowest BCUT2D eigenvalue weighted by atomic mass is 10.1. The topological polar surface area (TPSA) is 61.0 Å². The van der Waals surface area contributed by atoms with Crippen molar-refractivity contribution in [1.29, 1.82) is 0 Å². The summed E-state index contributed by atoms with van der Waals surface area (Å²) in [6.45, 7) is 3.82. The smallest absolute Gasteiger partial charge is 0.251 e. The number of H-pyrrole nitrogens is 1. The van der Waals surface area contributed by atoms with Gasteiger partial charge in [0, 0.05) is 48.1 Å². The van der Waals surface area contributed by atoms with Crippen molar-refractivity contribution in [1.82, 2.24) is 20.2 Å². The van der Waals surface area contributed by atoms with E-state index in [0.717, 1.165) is 17.6 Å². The van der Waals surface area contributed by atoms with Gasteiger partial charge in [0.25, 0.3) is 5.91 Å². The summed E-state index contributed by atoms with van der Waals surface area (Å²) in [4.78, 5) is 22.3. The molecule has 0 bridgehead atoms. The molecule has 0 atom stereocenters. The van der Waals surface area contributed by atoms with Crippen LogP contribution in [0.15, 0.2) is 48.9 Å². The molecule has 1 amide bonds. The number of rotatable bonds is 5. The van der Waals surface area contributed by atoms with Crippen LogP contribution in [0.4, 0.5) is 0 Å². The van der Waals surface area contributed by atoms with Crippen molar-refractivity contribution >= 4 is 16.8 Å². The molecule has 0 saturated carbocycles. The van der Waals surface area contributed by atoms with E-state index < -0.39 is 0 Å². The number of nitrogens with zero attached hydrogens (tertiary/aromatic N) is 2. The minimum Gasteiger partial charge on any atom is -0.361 e. The van der Waals surface area contributed by atoms with E-state index in [9.17, 15) is 4.79 Å². The van der Waals surface area contributed by atoms with E-state index in [1.54, 1.807) is 12.4 Å². The highest BCUT2D eigenvalue weighted by molar-refractivity contribution is 5.98. The maximum Gasteiger partial charge on any atom is 0.251 e. The lowest BCUT2D eigenvalue weighted by Crippen LogP contribution is -2.28. The zero-order chi connectivity index (χ0) is 17.8. The number of fused-ring (bicyclic) bond motifs is 1. The molecule has 1 aliphatic heterocycles. The highest BCUT2D eigenvalue weighted by atomic mass is 16.1. The first-order valence-corrected chi connectivity index (χ1v) is 9.29. The molecule has 0 spiro atoms. The zero-order valence-electron chi connectivity index (χ0n) is 14.9. The number of aromatic amines is 1. The van der Waals surface area contributed by atoms with Gasteiger partial charge in [0.05, 0.1) is 0 Å². The number of piperidine rings is 1. The number of hydrogen-bond acceptors (Lipinski definition) is 3. The third-order valence-electron chi connectivity index (χ3n) is 5.05. The fourth-order valence-corrected chi connectivity index (χ4v) is 3.60. The average molecular weight is 348 g/mol. The predicted octanol–water partition coefficient (Wildman–Crippen LogP) is 3.48. The van der Waals surface area contributed by atoms with Crippen LogP contribution < -0.4 is 5.32 Å². The van der Waals surface area contributed by atoms with Crippen molar-refractivity contribution in [3.63, 3.8) is 0 Å². The van der Waals surface area contributed by atoms with Crippen LogP contribution >= 0.6 is 0 Å². The number of likely N-dealkylation sites (tertiary alicyclic amines) is 1. The molecule has 0 unspecified atom stereocenters. The fourth-order valence-electron chi connectivity index (χ4n) is 3.60. The molecule has 0 radical (unpaired) electrons. The maximum absolute atomic E-state index is 12.4. The summed E-state index contributed by atoms with van der Waals surface area (Å²) in [6, 6.07) is 9.73. The van der Waals surface area contributed by atoms with Crippen molar-refractivity contribution in [2.24, 2.45) is 0 Å². The molecule has 1 fully saturated rings. The van der Waals surface area contributed by atoms with Crippen LogP contribution in [0.3, 0.4) is 0 Å². The third kappa shape index (κ3) is 3.78. The van der Waals surface area contributed by atoms with Gasteiger partial charge in [-0.3, -0.25) is 14.7 Å². The van der Waals surface area contributed by atoms with Gasteiger partial charge in [-0.15, -0.1) is 0 Å². The molecule has 1 aliphatic rings. The third-order valence-corrected chi connectivity index (χ3v) is 5.05. The Kier molecular flexibility index (Phi) is 4.97. The van der Waals surface area contributed by atoms with Crippen LogP contribution in [-0.4, -0.2) is 33.9 Å². The lowest BCUT2D eigenvalue weighted by Gasteiger charge is -2.26. The van der Waals surface area contributed by atoms with Crippen molar-refractivity contribution in [3.05, 3.63) is 65.6 Å². The second-order valence-corrected chi connectivity index (χ2v) is 6.96. The first-order valence-electron chi connectivity index (χ1n) is 9.29. The Morgan fingerprint density at radius 1 is 1.19 bits per heavy atom. The number of carbonyl (C=O) groups is 1. The molecular weight excluding hydrogens is 324 g/mol. The molecule has 2 N–H and O–H groups in total. The molecule has 3 aromatic rings. The molecule has 5 nitrogen and oxygen atoms in total. The van der Waals surface area contributed by atoms with E-state index >= 15 is 0 Å². The van der Waals surface area contributed by atoms with E-state index in [1.807, 2.05) is 24.3 Å². The average Bonchev–Trinajstić information content (AvgIpc) is 3.10. The lowest BCUT2D eigenvalue weighted by molar-refractivity contribution is 0.0951. The molecule has 1 aromatic carbocycles. The van der Waals surface area contributed by atoms with Crippen LogP contribution in [0.2, 0.25) is 0 Å². The van der Waals surface area contributed by atoms with Gasteiger partial charge in [-0.2, -0.15) is 0 Å². The normalized spacial score (nSPS) is 15.2. The first-order chi connectivity index (χ1) is 12.8. The monoisotopic (exact) mass is 348 g/mol. The molecule has 134 valence electrons. The molecule has 4 rings (SSSR count). The number of carbonyl (C=O) groups excluding carboxylic acids is 1. The molecule has 3 heterocycles. The summed E-state index contributed by atoms with van der Waals surface area (Å²) >= 11 is 0. The summed E-state index contributed by atoms with van der Waals surface area (Å²) < 4.78 is 0. The zero-order valence-corrected chi connectivity index (χ0v) is 14.9. The van der Waals surface area contributed by atoms with E-state index in [1.165, 1.54) is 43.3 Å². The van der Waals surface area contributed by atoms with Crippen LogP contribution in [0, 0.1) is 0 Å². The Bertz CT molecular complexity index is 881. The number of nitrogens with one attached hydrogen (secondary N) is 2. The van der Waals surface area contributed by atoms with Crippen molar-refractivity contribution in [2.75, 3.05) is 13.1 Å². The van der Waals surface area contributed by atoms with Crippen LogP contribution in [0.1, 0.15) is 40.7 Å². The number of benzene rings is 1. The van der Waals surface area contributed by atoms with E-state index in [0.29, 0.717) is 12.1 Å². The molecule has 1 saturated heterocycles. The maximum atomic E-state index is 12.4. The second-order valence-electron chi connectivity index (χ2n) is 6.96. The van der Waals surface area contributed by atoms with Crippen molar-refractivity contribution < 1.29 is 4.79 Å². The minimum atomic E-state index is -0.0667. The molecular formula is C21H24N4O. The van der Waals surface area contributed by atoms with Gasteiger partial charge >= 0.3 is 0 Å². The van der Waals surface area contributed by atoms with Gasteiger partial charge in [-0.25, -0.2) is 0 Å². The number of aromatic nitrogens is 2. The van der Waals surface area contributed by atoms with Crippen LogP contribution in [-0.2, 0) is 13.1 Å². The Morgan fingerprint density at radius 3 is 2.88 bits per heavy atom. The van der Waals surface area contributed by atoms with Gasteiger partial charge in [0.15, 0.2) is 0 Å². The Labute approximate surface area is 153 Å². The number of hydrogen-bond donors (Lipinski definition) is 2. The summed E-state index contributed by atoms with van der Waals surface area (Å²) in [5.74, 6) is -0.0667. The largest absolute Gasteiger partial charge is 0.361 e. The van der Waals surface area contributed by atoms with E-state index in [-0.39, 0.29) is 5.91 Å². The standard InChI is InChI=1S/C21H24N4O/c26-21(24-13-16-5-4-8-22-12-16)17-6-7-19-18(14-23-20(19)11-17)15-25-9-2-1-3-10-25/h4-8,11-12,14,23H,1-3,9-10,13,15H2,(H,24,26). The summed E-state index contributed by atoms with van der Waals surface area (Å²) in [7, 11) is 0. The molecule has 2 aromatic heterocycles. The second kappa shape index (κ2) is 7.70. The molecule has 26 heavy (non-hydrogen) atoms. The number of amides is 1. The number of pyridine rings is 1. The van der Waals surface area contributed by atoms with Gasteiger partial charge in [-0.05, 0) is 55.3 Å². The van der Waals surface area contributed by atoms with Gasteiger partial charge in [-0.1, -0.05) is 18.6 Å². The minimum absolute atomic E-state index is 0.0667. The quantitative estimate of drug-likeness (QED) is 0.742. The first kappa shape index (κ1) is 16.8. The van der Waals surface area contributed by atoms with Crippen LogP contribution in [0.25, 0.3) is 10.9 Å². The molecule has 5 heteroatoms. The SMILES string of the molecule is O=C(NCc1cccnc1)c1ccc2c(CN3CCCCC3)c[nH]c2c1. The summed E-state index contributed by atoms with van der Waals surface area (Å²) in [5, 5.41) is 4.16. The Hall–Kier alpha value is -2.66. The van der Waals surface area contributed by atoms with E-state index in [2.05, 4.69) is 32.4 Å². The van der Waals surface area contributed by atoms with Crippen molar-refractivity contribution in [2.45, 2.75) is 32.4 Å². The molecule has 0 aliphatic carbocycles. The van der Waals surface area contributed by atoms with Gasteiger partial charge in [0.2, 0.25) is 0 Å². The highest BCUT2D eigenvalue weighted by Crippen LogP contribution is 2.22. The van der Waals surface area contributed by atoms with Crippen LogP contribution in [0.5, 0.6) is 0 Å². The Morgan fingerprint density at radius 2 is 2.08 bits per heavy atom.